The summed E-state index contributed by atoms with van der Waals surface area (Å²) in [4.78, 5) is 13.3. The minimum absolute atomic E-state index is 0.265. The maximum Gasteiger partial charge on any atom is 0.340 e. The molecular weight excluding hydrogens is 267 g/mol. The van der Waals surface area contributed by atoms with Crippen molar-refractivity contribution in [2.45, 2.75) is 13.1 Å². The molecule has 0 unspecified atom stereocenters. The summed E-state index contributed by atoms with van der Waals surface area (Å²) in [5.74, 6) is 0.853. The number of nitrogens with zero attached hydrogens (tertiary/aromatic N) is 1. The van der Waals surface area contributed by atoms with E-state index in [1.807, 2.05) is 0 Å². The van der Waals surface area contributed by atoms with E-state index in [0.717, 1.165) is 0 Å². The topological polar surface area (TPSA) is 92.0 Å². The zero-order valence-corrected chi connectivity index (χ0v) is 11.1. The third kappa shape index (κ3) is 3.15. The summed E-state index contributed by atoms with van der Waals surface area (Å²) in [6.07, 6.45) is 0. The summed E-state index contributed by atoms with van der Waals surface area (Å²) in [5.41, 5.74) is 0.0552. The molecule has 0 saturated heterocycles. The van der Waals surface area contributed by atoms with Crippen LogP contribution >= 0.6 is 0 Å². The molecule has 20 heavy (non-hydrogen) atoms. The lowest BCUT2D eigenvalue weighted by Crippen LogP contribution is -2.15. The lowest BCUT2D eigenvalue weighted by molar-refractivity contribution is 0.351. The molecular formula is C12H15FN4O3. The first kappa shape index (κ1) is 14.1. The second-order valence-corrected chi connectivity index (χ2v) is 4.03. The third-order valence-corrected chi connectivity index (χ3v) is 2.71. The lowest BCUT2D eigenvalue weighted by atomic mass is 10.2. The predicted molar refractivity (Wildman–Crippen MR) is 69.3 cm³/mol. The van der Waals surface area contributed by atoms with Crippen molar-refractivity contribution in [2.75, 3.05) is 14.2 Å². The molecule has 0 fully saturated rings. The summed E-state index contributed by atoms with van der Waals surface area (Å²) in [7, 11) is 2.94. The molecule has 8 heteroatoms. The molecule has 108 valence electrons. The van der Waals surface area contributed by atoms with Gasteiger partial charge in [0.1, 0.15) is 11.6 Å². The number of H-pyrrole nitrogens is 2. The van der Waals surface area contributed by atoms with E-state index in [4.69, 9.17) is 9.47 Å². The Labute approximate surface area is 114 Å². The van der Waals surface area contributed by atoms with Crippen LogP contribution in [0.25, 0.3) is 0 Å². The van der Waals surface area contributed by atoms with Crippen molar-refractivity contribution in [3.63, 3.8) is 0 Å². The number of nitrogens with one attached hydrogen (secondary N) is 3. The van der Waals surface area contributed by atoms with Gasteiger partial charge in [0, 0.05) is 18.2 Å². The molecule has 2 aromatic rings. The van der Waals surface area contributed by atoms with Crippen LogP contribution in [0.5, 0.6) is 11.5 Å². The van der Waals surface area contributed by atoms with Crippen molar-refractivity contribution in [2.24, 2.45) is 0 Å². The largest absolute Gasteiger partial charge is 0.493 e. The number of benzene rings is 1. The fourth-order valence-electron chi connectivity index (χ4n) is 1.74. The quantitative estimate of drug-likeness (QED) is 0.719. The summed E-state index contributed by atoms with van der Waals surface area (Å²) in [5, 5.41) is 8.96. The van der Waals surface area contributed by atoms with Crippen LogP contribution in [0, 0.1) is 5.82 Å². The Morgan fingerprint density at radius 1 is 1.25 bits per heavy atom. The molecule has 3 N–H and O–H groups in total. The van der Waals surface area contributed by atoms with Crippen molar-refractivity contribution in [3.05, 3.63) is 39.8 Å². The SMILES string of the molecule is COc1cc(F)c(CNCc2n[nH]c(=O)[nH]2)cc1OC. The number of ether oxygens (including phenoxy) is 2. The van der Waals surface area contributed by atoms with Crippen LogP contribution in [0.15, 0.2) is 16.9 Å². The number of halogens is 1. The zero-order valence-electron chi connectivity index (χ0n) is 11.1. The van der Waals surface area contributed by atoms with E-state index in [-0.39, 0.29) is 12.2 Å². The number of aromatic amines is 2. The first-order valence-electron chi connectivity index (χ1n) is 5.88. The molecule has 1 aromatic carbocycles. The average Bonchev–Trinajstić information content (AvgIpc) is 2.85. The molecule has 2 rings (SSSR count). The van der Waals surface area contributed by atoms with Crippen LogP contribution in [0.3, 0.4) is 0 Å². The van der Waals surface area contributed by atoms with Crippen molar-refractivity contribution < 1.29 is 13.9 Å². The molecule has 0 saturated carbocycles. The standard InChI is InChI=1S/C12H15FN4O3/c1-19-9-3-7(8(13)4-10(9)20-2)5-14-6-11-15-12(18)17-16-11/h3-4,14H,5-6H2,1-2H3,(H2,15,16,17,18). The molecule has 0 aliphatic rings. The maximum absolute atomic E-state index is 13.8. The van der Waals surface area contributed by atoms with Crippen molar-refractivity contribution in [1.82, 2.24) is 20.5 Å². The van der Waals surface area contributed by atoms with Crippen LogP contribution in [0.2, 0.25) is 0 Å². The highest BCUT2D eigenvalue weighted by molar-refractivity contribution is 5.43. The molecule has 0 bridgehead atoms. The molecule has 0 aliphatic heterocycles. The Kier molecular flexibility index (Phi) is 4.36. The Bertz CT molecular complexity index is 638. The molecule has 0 aliphatic carbocycles. The number of aromatic nitrogens is 3. The van der Waals surface area contributed by atoms with E-state index >= 15 is 0 Å². The average molecular weight is 282 g/mol. The normalized spacial score (nSPS) is 10.6. The summed E-state index contributed by atoms with van der Waals surface area (Å²) < 4.78 is 24.0. The maximum atomic E-state index is 13.8. The van der Waals surface area contributed by atoms with Gasteiger partial charge in [-0.05, 0) is 6.07 Å². The molecule has 0 radical (unpaired) electrons. The molecule has 1 heterocycles. The Balaban J connectivity index is 2.03. The smallest absolute Gasteiger partial charge is 0.340 e. The van der Waals surface area contributed by atoms with Gasteiger partial charge in [-0.2, -0.15) is 5.10 Å². The van der Waals surface area contributed by atoms with Gasteiger partial charge in [0.05, 0.1) is 20.8 Å². The summed E-state index contributed by atoms with van der Waals surface area (Å²) in [6.45, 7) is 0.577. The van der Waals surface area contributed by atoms with Gasteiger partial charge in [-0.15, -0.1) is 0 Å². The van der Waals surface area contributed by atoms with Gasteiger partial charge in [-0.25, -0.2) is 14.3 Å². The van der Waals surface area contributed by atoms with Crippen LogP contribution in [-0.2, 0) is 13.1 Å². The molecule has 7 nitrogen and oxygen atoms in total. The van der Waals surface area contributed by atoms with E-state index < -0.39 is 5.82 Å². The van der Waals surface area contributed by atoms with Crippen LogP contribution in [0.1, 0.15) is 11.4 Å². The summed E-state index contributed by atoms with van der Waals surface area (Å²) in [6, 6.07) is 2.83. The van der Waals surface area contributed by atoms with Gasteiger partial charge in [-0.1, -0.05) is 0 Å². The molecule has 0 amide bonds. The van der Waals surface area contributed by atoms with Crippen molar-refractivity contribution >= 4 is 0 Å². The number of hydrogen-bond acceptors (Lipinski definition) is 5. The molecule has 0 atom stereocenters. The van der Waals surface area contributed by atoms with Gasteiger partial charge in [-0.3, -0.25) is 4.98 Å². The lowest BCUT2D eigenvalue weighted by Gasteiger charge is -2.11. The third-order valence-electron chi connectivity index (χ3n) is 2.71. The first-order valence-corrected chi connectivity index (χ1v) is 5.88. The van der Waals surface area contributed by atoms with Crippen LogP contribution in [-0.4, -0.2) is 29.4 Å². The Hall–Kier alpha value is -2.35. The minimum atomic E-state index is -0.398. The van der Waals surface area contributed by atoms with Crippen LogP contribution < -0.4 is 20.5 Å². The van der Waals surface area contributed by atoms with E-state index in [1.165, 1.54) is 20.3 Å². The van der Waals surface area contributed by atoms with Gasteiger partial charge < -0.3 is 14.8 Å². The van der Waals surface area contributed by atoms with Crippen molar-refractivity contribution in [3.8, 4) is 11.5 Å². The van der Waals surface area contributed by atoms with E-state index in [9.17, 15) is 9.18 Å². The Morgan fingerprint density at radius 3 is 2.55 bits per heavy atom. The first-order chi connectivity index (χ1) is 9.63. The zero-order chi connectivity index (χ0) is 14.5. The fourth-order valence-corrected chi connectivity index (χ4v) is 1.74. The van der Waals surface area contributed by atoms with E-state index in [1.54, 1.807) is 6.07 Å². The highest BCUT2D eigenvalue weighted by atomic mass is 19.1. The molecule has 0 spiro atoms. The van der Waals surface area contributed by atoms with Gasteiger partial charge in [0.25, 0.3) is 0 Å². The highest BCUT2D eigenvalue weighted by Gasteiger charge is 2.11. The summed E-state index contributed by atoms with van der Waals surface area (Å²) >= 11 is 0. The second kappa shape index (κ2) is 6.20. The van der Waals surface area contributed by atoms with Crippen molar-refractivity contribution in [1.29, 1.82) is 0 Å². The fraction of sp³-hybridized carbons (Fsp3) is 0.333. The van der Waals surface area contributed by atoms with Crippen LogP contribution in [0.4, 0.5) is 4.39 Å². The minimum Gasteiger partial charge on any atom is -0.493 e. The predicted octanol–water partition coefficient (Wildman–Crippen LogP) is 0.544. The van der Waals surface area contributed by atoms with Gasteiger partial charge >= 0.3 is 5.69 Å². The molecule has 1 aromatic heterocycles. The van der Waals surface area contributed by atoms with Gasteiger partial charge in [0.2, 0.25) is 0 Å². The monoisotopic (exact) mass is 282 g/mol. The van der Waals surface area contributed by atoms with E-state index in [0.29, 0.717) is 29.4 Å². The Morgan fingerprint density at radius 2 is 1.95 bits per heavy atom. The number of rotatable bonds is 6. The van der Waals surface area contributed by atoms with E-state index in [2.05, 4.69) is 20.5 Å². The number of hydrogen-bond donors (Lipinski definition) is 3. The number of methoxy groups -OCH3 is 2. The van der Waals surface area contributed by atoms with Gasteiger partial charge in [0.15, 0.2) is 11.5 Å². The highest BCUT2D eigenvalue weighted by Crippen LogP contribution is 2.29. The second-order valence-electron chi connectivity index (χ2n) is 4.03.